The van der Waals surface area contributed by atoms with Crippen LogP contribution in [0.4, 0.5) is 0 Å². The number of carbonyl (C=O) groups is 1. The van der Waals surface area contributed by atoms with Gasteiger partial charge in [0.25, 0.3) is 5.91 Å². The average molecular weight is 369 g/mol. The lowest BCUT2D eigenvalue weighted by Gasteiger charge is -2.25. The van der Waals surface area contributed by atoms with Crippen molar-refractivity contribution >= 4 is 28.3 Å². The lowest BCUT2D eigenvalue weighted by molar-refractivity contribution is 0.0729. The van der Waals surface area contributed by atoms with Crippen LogP contribution in [0, 0.1) is 5.92 Å². The Bertz CT molecular complexity index is 940. The van der Waals surface area contributed by atoms with E-state index >= 15 is 0 Å². The number of nitrogens with zero attached hydrogens (tertiary/aromatic N) is 4. The lowest BCUT2D eigenvalue weighted by atomic mass is 10.1. The molecule has 0 radical (unpaired) electrons. The van der Waals surface area contributed by atoms with Crippen LogP contribution >= 0.6 is 11.3 Å². The molecule has 136 valence electrons. The molecule has 3 heterocycles. The number of carbonyl (C=O) groups excluding carboxylic acids is 1. The van der Waals surface area contributed by atoms with E-state index in [9.17, 15) is 4.79 Å². The summed E-state index contributed by atoms with van der Waals surface area (Å²) in [6, 6.07) is 6.42. The van der Waals surface area contributed by atoms with E-state index in [4.69, 9.17) is 4.98 Å². The Morgan fingerprint density at radius 3 is 2.73 bits per heavy atom. The Labute approximate surface area is 157 Å². The standard InChI is InChI=1S/C20H24N4OS/c1-12(2)24-19-16(11-21-24)15(10-17(22-19)18-6-5-9-26-18)20(25)23(4)13(3)14-7-8-14/h5-6,9-14H,7-8H2,1-4H3. The molecule has 1 saturated carbocycles. The zero-order chi connectivity index (χ0) is 18.4. The second-order valence-electron chi connectivity index (χ2n) is 7.45. The SMILES string of the molecule is CC(C1CC1)N(C)C(=O)c1cc(-c2cccs2)nc2c1cnn2C(C)C. The van der Waals surface area contributed by atoms with Gasteiger partial charge in [-0.15, -0.1) is 11.3 Å². The highest BCUT2D eigenvalue weighted by molar-refractivity contribution is 7.13. The summed E-state index contributed by atoms with van der Waals surface area (Å²) in [5.41, 5.74) is 2.31. The second-order valence-corrected chi connectivity index (χ2v) is 8.39. The first-order valence-corrected chi connectivity index (χ1v) is 10.0. The molecule has 0 bridgehead atoms. The molecule has 0 spiro atoms. The highest BCUT2D eigenvalue weighted by atomic mass is 32.1. The van der Waals surface area contributed by atoms with Gasteiger partial charge in [0.1, 0.15) is 0 Å². The van der Waals surface area contributed by atoms with Crippen molar-refractivity contribution in [2.45, 2.75) is 45.7 Å². The third-order valence-electron chi connectivity index (χ3n) is 5.30. The number of pyridine rings is 1. The zero-order valence-corrected chi connectivity index (χ0v) is 16.5. The fraction of sp³-hybridized carbons (Fsp3) is 0.450. The highest BCUT2D eigenvalue weighted by Gasteiger charge is 2.33. The molecule has 1 aliphatic rings. The molecule has 26 heavy (non-hydrogen) atoms. The Kier molecular flexibility index (Phi) is 4.31. The number of fused-ring (bicyclic) bond motifs is 1. The van der Waals surface area contributed by atoms with E-state index in [1.165, 1.54) is 12.8 Å². The van der Waals surface area contributed by atoms with Crippen LogP contribution in [-0.4, -0.2) is 38.7 Å². The predicted molar refractivity (Wildman–Crippen MR) is 106 cm³/mol. The van der Waals surface area contributed by atoms with Crippen LogP contribution in [0.25, 0.3) is 21.6 Å². The summed E-state index contributed by atoms with van der Waals surface area (Å²) < 4.78 is 1.90. The van der Waals surface area contributed by atoms with Gasteiger partial charge in [0, 0.05) is 19.1 Å². The molecule has 4 rings (SSSR count). The molecule has 0 saturated heterocycles. The van der Waals surface area contributed by atoms with Gasteiger partial charge in [-0.05, 0) is 57.0 Å². The van der Waals surface area contributed by atoms with Crippen LogP contribution in [-0.2, 0) is 0 Å². The number of amides is 1. The molecule has 1 atom stereocenters. The van der Waals surface area contributed by atoms with Crippen molar-refractivity contribution in [3.63, 3.8) is 0 Å². The van der Waals surface area contributed by atoms with Gasteiger partial charge in [0.2, 0.25) is 0 Å². The zero-order valence-electron chi connectivity index (χ0n) is 15.6. The second kappa shape index (κ2) is 6.50. The van der Waals surface area contributed by atoms with Gasteiger partial charge >= 0.3 is 0 Å². The average Bonchev–Trinajstić information content (AvgIpc) is 3.16. The van der Waals surface area contributed by atoms with Crippen LogP contribution in [0.3, 0.4) is 0 Å². The molecule has 1 amide bonds. The molecular formula is C20H24N4OS. The third-order valence-corrected chi connectivity index (χ3v) is 6.19. The van der Waals surface area contributed by atoms with Crippen LogP contribution in [0.1, 0.15) is 50.0 Å². The molecule has 1 aliphatic carbocycles. The van der Waals surface area contributed by atoms with Crippen molar-refractivity contribution in [3.8, 4) is 10.6 Å². The number of hydrogen-bond donors (Lipinski definition) is 0. The van der Waals surface area contributed by atoms with Crippen molar-refractivity contribution < 1.29 is 4.79 Å². The summed E-state index contributed by atoms with van der Waals surface area (Å²) in [6.07, 6.45) is 4.22. The van der Waals surface area contributed by atoms with E-state index in [-0.39, 0.29) is 18.0 Å². The summed E-state index contributed by atoms with van der Waals surface area (Å²) in [5.74, 6) is 0.689. The quantitative estimate of drug-likeness (QED) is 0.661. The van der Waals surface area contributed by atoms with Crippen molar-refractivity contribution in [1.82, 2.24) is 19.7 Å². The third kappa shape index (κ3) is 2.92. The maximum atomic E-state index is 13.3. The van der Waals surface area contributed by atoms with Crippen molar-refractivity contribution in [1.29, 1.82) is 0 Å². The van der Waals surface area contributed by atoms with Gasteiger partial charge < -0.3 is 4.90 Å². The first-order chi connectivity index (χ1) is 12.5. The molecule has 0 aliphatic heterocycles. The molecule has 0 N–H and O–H groups in total. The number of aromatic nitrogens is 3. The molecule has 1 unspecified atom stereocenters. The van der Waals surface area contributed by atoms with Gasteiger partial charge in [-0.2, -0.15) is 5.10 Å². The molecule has 3 aromatic rings. The lowest BCUT2D eigenvalue weighted by Crippen LogP contribution is -2.36. The molecule has 5 nitrogen and oxygen atoms in total. The maximum absolute atomic E-state index is 13.3. The summed E-state index contributed by atoms with van der Waals surface area (Å²) in [7, 11) is 1.91. The first kappa shape index (κ1) is 17.2. The summed E-state index contributed by atoms with van der Waals surface area (Å²) >= 11 is 1.63. The van der Waals surface area contributed by atoms with Gasteiger partial charge in [-0.3, -0.25) is 4.79 Å². The Balaban J connectivity index is 1.85. The minimum atomic E-state index is 0.0536. The van der Waals surface area contributed by atoms with Crippen LogP contribution in [0.5, 0.6) is 0 Å². The minimum absolute atomic E-state index is 0.0536. The van der Waals surface area contributed by atoms with Crippen LogP contribution in [0.15, 0.2) is 29.8 Å². The van der Waals surface area contributed by atoms with E-state index in [0.29, 0.717) is 11.5 Å². The monoisotopic (exact) mass is 368 g/mol. The Morgan fingerprint density at radius 2 is 2.12 bits per heavy atom. The molecule has 1 fully saturated rings. The topological polar surface area (TPSA) is 51.0 Å². The highest BCUT2D eigenvalue weighted by Crippen LogP contribution is 2.36. The van der Waals surface area contributed by atoms with Gasteiger partial charge in [0.05, 0.1) is 27.7 Å². The molecule has 3 aromatic heterocycles. The van der Waals surface area contributed by atoms with E-state index in [2.05, 4.69) is 25.9 Å². The largest absolute Gasteiger partial charge is 0.339 e. The van der Waals surface area contributed by atoms with Crippen molar-refractivity contribution in [2.24, 2.45) is 5.92 Å². The Morgan fingerprint density at radius 1 is 1.35 bits per heavy atom. The summed E-state index contributed by atoms with van der Waals surface area (Å²) in [4.78, 5) is 21.1. The molecule has 0 aromatic carbocycles. The number of thiophene rings is 1. The van der Waals surface area contributed by atoms with E-state index < -0.39 is 0 Å². The Hall–Kier alpha value is -2.21. The van der Waals surface area contributed by atoms with E-state index in [1.807, 2.05) is 40.2 Å². The van der Waals surface area contributed by atoms with E-state index in [1.54, 1.807) is 17.5 Å². The maximum Gasteiger partial charge on any atom is 0.254 e. The first-order valence-electron chi connectivity index (χ1n) is 9.16. The predicted octanol–water partition coefficient (Wildman–Crippen LogP) is 4.61. The fourth-order valence-corrected chi connectivity index (χ4v) is 4.08. The fourth-order valence-electron chi connectivity index (χ4n) is 3.39. The number of hydrogen-bond acceptors (Lipinski definition) is 4. The molecular weight excluding hydrogens is 344 g/mol. The van der Waals surface area contributed by atoms with Gasteiger partial charge in [-0.1, -0.05) is 6.07 Å². The normalized spacial score (nSPS) is 15.6. The minimum Gasteiger partial charge on any atom is -0.339 e. The van der Waals surface area contributed by atoms with Crippen LogP contribution < -0.4 is 0 Å². The van der Waals surface area contributed by atoms with Crippen molar-refractivity contribution in [2.75, 3.05) is 7.05 Å². The summed E-state index contributed by atoms with van der Waals surface area (Å²) in [6.45, 7) is 6.30. The van der Waals surface area contributed by atoms with E-state index in [0.717, 1.165) is 21.6 Å². The van der Waals surface area contributed by atoms with Gasteiger partial charge in [0.15, 0.2) is 5.65 Å². The van der Waals surface area contributed by atoms with Crippen molar-refractivity contribution in [3.05, 3.63) is 35.3 Å². The van der Waals surface area contributed by atoms with Crippen LogP contribution in [0.2, 0.25) is 0 Å². The number of rotatable bonds is 5. The smallest absolute Gasteiger partial charge is 0.254 e. The molecule has 6 heteroatoms. The summed E-state index contributed by atoms with van der Waals surface area (Å²) in [5, 5.41) is 7.36. The van der Waals surface area contributed by atoms with Gasteiger partial charge in [-0.25, -0.2) is 9.67 Å².